The maximum Gasteiger partial charge on any atom is 0.329 e. The van der Waals surface area contributed by atoms with Crippen molar-refractivity contribution in [1.29, 1.82) is 0 Å². The summed E-state index contributed by atoms with van der Waals surface area (Å²) in [4.78, 5) is 32.8. The summed E-state index contributed by atoms with van der Waals surface area (Å²) in [6, 6.07) is 22.2. The SMILES string of the molecule is Cc1ccccc1-c1noc(-c2ccc3c(=O)n(Cc4ccccc4)c(=O)[nH]c3c2)n1. The largest absolute Gasteiger partial charge is 0.334 e. The number of aromatic amines is 1. The molecule has 0 saturated heterocycles. The molecule has 0 radical (unpaired) electrons. The number of hydrogen-bond donors (Lipinski definition) is 1. The molecular formula is C24H18N4O3. The van der Waals surface area contributed by atoms with Crippen LogP contribution in [0.3, 0.4) is 0 Å². The standard InChI is InChI=1S/C24H18N4O3/c1-15-7-5-6-10-18(15)21-26-22(31-27-21)17-11-12-19-20(13-17)25-24(30)28(23(19)29)14-16-8-3-2-4-9-16/h2-13H,14H2,1H3,(H,25,30). The lowest BCUT2D eigenvalue weighted by Gasteiger charge is -2.07. The first-order valence-corrected chi connectivity index (χ1v) is 9.81. The lowest BCUT2D eigenvalue weighted by molar-refractivity contribution is 0.432. The lowest BCUT2D eigenvalue weighted by Crippen LogP contribution is -2.35. The zero-order valence-electron chi connectivity index (χ0n) is 16.7. The van der Waals surface area contributed by atoms with Gasteiger partial charge < -0.3 is 9.51 Å². The Balaban J connectivity index is 1.54. The van der Waals surface area contributed by atoms with Gasteiger partial charge in [-0.25, -0.2) is 4.79 Å². The van der Waals surface area contributed by atoms with Crippen molar-refractivity contribution in [1.82, 2.24) is 19.7 Å². The second-order valence-electron chi connectivity index (χ2n) is 7.31. The van der Waals surface area contributed by atoms with Gasteiger partial charge in [-0.05, 0) is 36.2 Å². The monoisotopic (exact) mass is 410 g/mol. The molecule has 31 heavy (non-hydrogen) atoms. The van der Waals surface area contributed by atoms with Gasteiger partial charge in [0.2, 0.25) is 5.82 Å². The molecule has 3 aromatic carbocycles. The molecule has 5 aromatic rings. The number of nitrogens with one attached hydrogen (secondary N) is 1. The average molecular weight is 410 g/mol. The summed E-state index contributed by atoms with van der Waals surface area (Å²) in [5.41, 5.74) is 3.03. The van der Waals surface area contributed by atoms with Crippen molar-refractivity contribution in [3.05, 3.63) is 105 Å². The summed E-state index contributed by atoms with van der Waals surface area (Å²) >= 11 is 0. The van der Waals surface area contributed by atoms with Gasteiger partial charge >= 0.3 is 5.69 Å². The molecule has 2 aromatic heterocycles. The molecule has 7 heteroatoms. The van der Waals surface area contributed by atoms with Gasteiger partial charge in [-0.3, -0.25) is 9.36 Å². The van der Waals surface area contributed by atoms with E-state index in [4.69, 9.17) is 4.52 Å². The summed E-state index contributed by atoms with van der Waals surface area (Å²) in [5, 5.41) is 4.49. The molecule has 152 valence electrons. The van der Waals surface area contributed by atoms with Crippen LogP contribution in [0, 0.1) is 6.92 Å². The van der Waals surface area contributed by atoms with Gasteiger partial charge in [0, 0.05) is 11.1 Å². The van der Waals surface area contributed by atoms with Gasteiger partial charge in [0.05, 0.1) is 17.4 Å². The Bertz CT molecular complexity index is 1510. The molecule has 0 atom stereocenters. The molecular weight excluding hydrogens is 392 g/mol. The third-order valence-electron chi connectivity index (χ3n) is 5.22. The molecule has 2 heterocycles. The minimum Gasteiger partial charge on any atom is -0.334 e. The van der Waals surface area contributed by atoms with Gasteiger partial charge in [0.25, 0.3) is 11.4 Å². The highest BCUT2D eigenvalue weighted by atomic mass is 16.5. The van der Waals surface area contributed by atoms with Crippen LogP contribution in [0.5, 0.6) is 0 Å². The van der Waals surface area contributed by atoms with Crippen LogP contribution < -0.4 is 11.2 Å². The maximum atomic E-state index is 12.9. The van der Waals surface area contributed by atoms with Crippen molar-refractivity contribution in [2.75, 3.05) is 0 Å². The summed E-state index contributed by atoms with van der Waals surface area (Å²) in [6.45, 7) is 2.18. The second kappa shape index (κ2) is 7.53. The quantitative estimate of drug-likeness (QED) is 0.487. The summed E-state index contributed by atoms with van der Waals surface area (Å²) in [7, 11) is 0. The molecule has 7 nitrogen and oxygen atoms in total. The van der Waals surface area contributed by atoms with Gasteiger partial charge in [-0.1, -0.05) is 59.8 Å². The van der Waals surface area contributed by atoms with Crippen molar-refractivity contribution in [2.24, 2.45) is 0 Å². The number of hydrogen-bond acceptors (Lipinski definition) is 5. The Morgan fingerprint density at radius 1 is 0.968 bits per heavy atom. The molecule has 0 aliphatic carbocycles. The van der Waals surface area contributed by atoms with E-state index in [1.807, 2.05) is 61.5 Å². The van der Waals surface area contributed by atoms with Crippen molar-refractivity contribution in [2.45, 2.75) is 13.5 Å². The zero-order valence-corrected chi connectivity index (χ0v) is 16.7. The first-order valence-electron chi connectivity index (χ1n) is 9.81. The van der Waals surface area contributed by atoms with Crippen LogP contribution in [0.15, 0.2) is 86.9 Å². The van der Waals surface area contributed by atoms with Crippen LogP contribution in [-0.4, -0.2) is 19.7 Å². The summed E-state index contributed by atoms with van der Waals surface area (Å²) in [6.07, 6.45) is 0. The first kappa shape index (κ1) is 18.7. The van der Waals surface area contributed by atoms with E-state index in [1.165, 1.54) is 4.57 Å². The Morgan fingerprint density at radius 3 is 2.55 bits per heavy atom. The van der Waals surface area contributed by atoms with Crippen molar-refractivity contribution in [3.63, 3.8) is 0 Å². The normalized spacial score (nSPS) is 11.1. The number of aromatic nitrogens is 4. The maximum absolute atomic E-state index is 12.9. The Morgan fingerprint density at radius 2 is 1.74 bits per heavy atom. The fraction of sp³-hybridized carbons (Fsp3) is 0.0833. The van der Waals surface area contributed by atoms with E-state index in [2.05, 4.69) is 15.1 Å². The van der Waals surface area contributed by atoms with E-state index >= 15 is 0 Å². The summed E-state index contributed by atoms with van der Waals surface area (Å²) in [5.74, 6) is 0.800. The fourth-order valence-electron chi connectivity index (χ4n) is 3.57. The van der Waals surface area contributed by atoms with Gasteiger partial charge in [-0.15, -0.1) is 0 Å². The number of nitrogens with zero attached hydrogens (tertiary/aromatic N) is 3. The van der Waals surface area contributed by atoms with Crippen LogP contribution in [0.1, 0.15) is 11.1 Å². The number of aryl methyl sites for hydroxylation is 1. The van der Waals surface area contributed by atoms with E-state index < -0.39 is 5.69 Å². The summed E-state index contributed by atoms with van der Waals surface area (Å²) < 4.78 is 6.63. The van der Waals surface area contributed by atoms with E-state index in [0.29, 0.717) is 28.2 Å². The van der Waals surface area contributed by atoms with E-state index in [-0.39, 0.29) is 12.1 Å². The Kier molecular flexibility index (Phi) is 4.55. The molecule has 0 aliphatic rings. The minimum absolute atomic E-state index is 0.205. The van der Waals surface area contributed by atoms with Crippen LogP contribution in [0.4, 0.5) is 0 Å². The highest BCUT2D eigenvalue weighted by Gasteiger charge is 2.14. The van der Waals surface area contributed by atoms with Crippen molar-refractivity contribution in [3.8, 4) is 22.8 Å². The highest BCUT2D eigenvalue weighted by Crippen LogP contribution is 2.25. The molecule has 5 rings (SSSR count). The van der Waals surface area contributed by atoms with E-state index in [0.717, 1.165) is 16.7 Å². The average Bonchev–Trinajstić information content (AvgIpc) is 3.27. The van der Waals surface area contributed by atoms with Gasteiger partial charge in [0.15, 0.2) is 0 Å². The number of rotatable bonds is 4. The molecule has 0 spiro atoms. The van der Waals surface area contributed by atoms with Gasteiger partial charge in [0.1, 0.15) is 0 Å². The molecule has 0 saturated carbocycles. The zero-order chi connectivity index (χ0) is 21.4. The smallest absolute Gasteiger partial charge is 0.329 e. The topological polar surface area (TPSA) is 93.8 Å². The third-order valence-corrected chi connectivity index (χ3v) is 5.22. The van der Waals surface area contributed by atoms with Crippen LogP contribution in [0.2, 0.25) is 0 Å². The van der Waals surface area contributed by atoms with Crippen LogP contribution >= 0.6 is 0 Å². The predicted molar refractivity (Wildman–Crippen MR) is 118 cm³/mol. The molecule has 0 aliphatic heterocycles. The van der Waals surface area contributed by atoms with Crippen molar-refractivity contribution >= 4 is 10.9 Å². The van der Waals surface area contributed by atoms with Crippen molar-refractivity contribution < 1.29 is 4.52 Å². The minimum atomic E-state index is -0.468. The highest BCUT2D eigenvalue weighted by molar-refractivity contribution is 5.82. The number of fused-ring (bicyclic) bond motifs is 1. The predicted octanol–water partition coefficient (Wildman–Crippen LogP) is 3.76. The Hall–Kier alpha value is -4.26. The molecule has 0 fully saturated rings. The number of H-pyrrole nitrogens is 1. The fourth-order valence-corrected chi connectivity index (χ4v) is 3.57. The number of benzene rings is 3. The lowest BCUT2D eigenvalue weighted by atomic mass is 10.1. The van der Waals surface area contributed by atoms with E-state index in [1.54, 1.807) is 18.2 Å². The van der Waals surface area contributed by atoms with E-state index in [9.17, 15) is 9.59 Å². The molecule has 0 unspecified atom stereocenters. The molecule has 0 bridgehead atoms. The van der Waals surface area contributed by atoms with Crippen LogP contribution in [0.25, 0.3) is 33.7 Å². The second-order valence-corrected chi connectivity index (χ2v) is 7.31. The molecule has 0 amide bonds. The van der Waals surface area contributed by atoms with Crippen LogP contribution in [-0.2, 0) is 6.54 Å². The van der Waals surface area contributed by atoms with Gasteiger partial charge in [-0.2, -0.15) is 4.98 Å². The first-order chi connectivity index (χ1) is 15.1. The molecule has 1 N–H and O–H groups in total. The third kappa shape index (κ3) is 3.46. The Labute approximate surface area is 176 Å².